The van der Waals surface area contributed by atoms with Crippen molar-refractivity contribution in [3.8, 4) is 0 Å². The van der Waals surface area contributed by atoms with E-state index in [4.69, 9.17) is 4.74 Å². The van der Waals surface area contributed by atoms with Gasteiger partial charge in [0.1, 0.15) is 12.2 Å². The second-order valence-electron chi connectivity index (χ2n) is 8.83. The first-order valence-corrected chi connectivity index (χ1v) is 12.7. The molecule has 28 heavy (non-hydrogen) atoms. The number of carbonyl (C=O) groups is 1. The fourth-order valence-electron chi connectivity index (χ4n) is 4.06. The Morgan fingerprint density at radius 1 is 0.607 bits per heavy atom. The van der Waals surface area contributed by atoms with Crippen molar-refractivity contribution in [2.75, 3.05) is 0 Å². The van der Waals surface area contributed by atoms with Crippen molar-refractivity contribution in [2.45, 2.75) is 148 Å². The highest BCUT2D eigenvalue weighted by Gasteiger charge is 2.20. The number of carbonyl (C=O) groups excluding carboxylic acids is 1. The molecular weight excluding hydrogens is 344 g/mol. The van der Waals surface area contributed by atoms with Crippen molar-refractivity contribution in [3.05, 3.63) is 11.8 Å². The van der Waals surface area contributed by atoms with Gasteiger partial charge in [0.05, 0.1) is 0 Å². The standard InChI is InChI=1S/C26H48O2/c1-2-3-4-5-6-7-8-9-10-11-12-13-14-15-16-17-18-19-20-21-22-23-25-24-26(27)28-25/h23H,2-22,24H2,1H3. The van der Waals surface area contributed by atoms with Crippen LogP contribution in [0.5, 0.6) is 0 Å². The minimum absolute atomic E-state index is 0.0743. The van der Waals surface area contributed by atoms with Crippen LogP contribution in [0.2, 0.25) is 0 Å². The number of allylic oxidation sites excluding steroid dienone is 1. The van der Waals surface area contributed by atoms with E-state index >= 15 is 0 Å². The number of unbranched alkanes of at least 4 members (excludes halogenated alkanes) is 20. The summed E-state index contributed by atoms with van der Waals surface area (Å²) < 4.78 is 4.91. The summed E-state index contributed by atoms with van der Waals surface area (Å²) in [5, 5.41) is 0. The summed E-state index contributed by atoms with van der Waals surface area (Å²) in [6.07, 6.45) is 32.2. The molecule has 1 aliphatic heterocycles. The molecule has 2 heteroatoms. The third kappa shape index (κ3) is 16.2. The first-order chi connectivity index (χ1) is 13.8. The summed E-state index contributed by atoms with van der Waals surface area (Å²) in [5.41, 5.74) is 0. The second-order valence-corrected chi connectivity index (χ2v) is 8.83. The number of hydrogen-bond donors (Lipinski definition) is 0. The summed E-state index contributed by atoms with van der Waals surface area (Å²) in [7, 11) is 0. The van der Waals surface area contributed by atoms with E-state index in [-0.39, 0.29) is 5.97 Å². The Balaban J connectivity index is 1.64. The zero-order chi connectivity index (χ0) is 20.1. The SMILES string of the molecule is CCCCCCCCCCCCCCCCCCCCCCC=C1CC(=O)O1. The molecular formula is C26H48O2. The van der Waals surface area contributed by atoms with E-state index in [0.717, 1.165) is 12.2 Å². The Hall–Kier alpha value is -0.790. The zero-order valence-corrected chi connectivity index (χ0v) is 19.0. The molecule has 0 aromatic heterocycles. The highest BCUT2D eigenvalue weighted by Crippen LogP contribution is 2.19. The van der Waals surface area contributed by atoms with Crippen molar-refractivity contribution in [1.82, 2.24) is 0 Å². The Kier molecular flexibility index (Phi) is 17.6. The molecule has 1 rings (SSSR count). The lowest BCUT2D eigenvalue weighted by Crippen LogP contribution is -2.17. The maximum Gasteiger partial charge on any atom is 0.318 e. The molecule has 0 spiro atoms. The van der Waals surface area contributed by atoms with Gasteiger partial charge in [0.25, 0.3) is 0 Å². The molecule has 0 bridgehead atoms. The summed E-state index contributed by atoms with van der Waals surface area (Å²) in [6, 6.07) is 0. The van der Waals surface area contributed by atoms with E-state index in [1.165, 1.54) is 128 Å². The van der Waals surface area contributed by atoms with Gasteiger partial charge in [-0.05, 0) is 18.9 Å². The van der Waals surface area contributed by atoms with Gasteiger partial charge in [-0.15, -0.1) is 0 Å². The molecule has 0 amide bonds. The highest BCUT2D eigenvalue weighted by molar-refractivity contribution is 5.79. The Morgan fingerprint density at radius 2 is 0.929 bits per heavy atom. The molecule has 1 heterocycles. The maximum absolute atomic E-state index is 10.7. The molecule has 0 aromatic carbocycles. The Bertz CT molecular complexity index is 376. The number of ether oxygens (including phenoxy) is 1. The lowest BCUT2D eigenvalue weighted by molar-refractivity contribution is -0.148. The van der Waals surface area contributed by atoms with E-state index in [1.807, 2.05) is 0 Å². The Labute approximate surface area is 175 Å². The number of cyclic esters (lactones) is 1. The number of hydrogen-bond acceptors (Lipinski definition) is 2. The van der Waals surface area contributed by atoms with E-state index in [2.05, 4.69) is 13.0 Å². The van der Waals surface area contributed by atoms with Crippen molar-refractivity contribution < 1.29 is 9.53 Å². The van der Waals surface area contributed by atoms with Crippen LogP contribution in [0.1, 0.15) is 148 Å². The lowest BCUT2D eigenvalue weighted by atomic mass is 10.0. The quantitative estimate of drug-likeness (QED) is 0.144. The van der Waals surface area contributed by atoms with Crippen LogP contribution < -0.4 is 0 Å². The molecule has 0 aliphatic carbocycles. The normalized spacial score (nSPS) is 15.0. The first-order valence-electron chi connectivity index (χ1n) is 12.7. The molecule has 0 N–H and O–H groups in total. The van der Waals surface area contributed by atoms with Gasteiger partial charge < -0.3 is 4.74 Å². The molecule has 1 aliphatic rings. The predicted octanol–water partition coefficient (Wildman–Crippen LogP) is 9.03. The zero-order valence-electron chi connectivity index (χ0n) is 19.0. The van der Waals surface area contributed by atoms with Gasteiger partial charge in [0.15, 0.2) is 0 Å². The van der Waals surface area contributed by atoms with Crippen LogP contribution >= 0.6 is 0 Å². The highest BCUT2D eigenvalue weighted by atomic mass is 16.6. The van der Waals surface area contributed by atoms with Gasteiger partial charge in [-0.2, -0.15) is 0 Å². The third-order valence-corrected chi connectivity index (χ3v) is 5.99. The minimum atomic E-state index is -0.0743. The van der Waals surface area contributed by atoms with Crippen LogP contribution in [0.4, 0.5) is 0 Å². The predicted molar refractivity (Wildman–Crippen MR) is 121 cm³/mol. The number of rotatable bonds is 21. The summed E-state index contributed by atoms with van der Waals surface area (Å²) in [5.74, 6) is 0.817. The lowest BCUT2D eigenvalue weighted by Gasteiger charge is -2.15. The van der Waals surface area contributed by atoms with Gasteiger partial charge in [-0.3, -0.25) is 4.79 Å². The van der Waals surface area contributed by atoms with Crippen molar-refractivity contribution in [3.63, 3.8) is 0 Å². The minimum Gasteiger partial charge on any atom is -0.430 e. The average Bonchev–Trinajstić information content (AvgIpc) is 2.67. The molecule has 0 unspecified atom stereocenters. The van der Waals surface area contributed by atoms with Gasteiger partial charge in [-0.25, -0.2) is 0 Å². The summed E-state index contributed by atoms with van der Waals surface area (Å²) in [4.78, 5) is 10.7. The molecule has 0 aromatic rings. The van der Waals surface area contributed by atoms with Crippen LogP contribution in [-0.4, -0.2) is 5.97 Å². The van der Waals surface area contributed by atoms with E-state index in [9.17, 15) is 4.79 Å². The van der Waals surface area contributed by atoms with Gasteiger partial charge in [-0.1, -0.05) is 129 Å². The van der Waals surface area contributed by atoms with Gasteiger partial charge in [0, 0.05) is 0 Å². The molecule has 164 valence electrons. The van der Waals surface area contributed by atoms with E-state index in [1.54, 1.807) is 0 Å². The van der Waals surface area contributed by atoms with Crippen LogP contribution in [-0.2, 0) is 9.53 Å². The van der Waals surface area contributed by atoms with Crippen molar-refractivity contribution in [2.24, 2.45) is 0 Å². The summed E-state index contributed by atoms with van der Waals surface area (Å²) >= 11 is 0. The van der Waals surface area contributed by atoms with Crippen LogP contribution in [0.15, 0.2) is 11.8 Å². The van der Waals surface area contributed by atoms with Gasteiger partial charge >= 0.3 is 5.97 Å². The average molecular weight is 393 g/mol. The smallest absolute Gasteiger partial charge is 0.318 e. The van der Waals surface area contributed by atoms with E-state index < -0.39 is 0 Å². The molecule has 0 radical (unpaired) electrons. The molecule has 2 nitrogen and oxygen atoms in total. The summed E-state index contributed by atoms with van der Waals surface area (Å²) in [6.45, 7) is 2.29. The maximum atomic E-state index is 10.7. The fraction of sp³-hybridized carbons (Fsp3) is 0.885. The van der Waals surface area contributed by atoms with Gasteiger partial charge in [0.2, 0.25) is 0 Å². The monoisotopic (exact) mass is 392 g/mol. The Morgan fingerprint density at radius 3 is 1.25 bits per heavy atom. The first kappa shape index (κ1) is 25.2. The van der Waals surface area contributed by atoms with Crippen molar-refractivity contribution in [1.29, 1.82) is 0 Å². The van der Waals surface area contributed by atoms with Crippen LogP contribution in [0.25, 0.3) is 0 Å². The number of esters is 1. The topological polar surface area (TPSA) is 26.3 Å². The molecule has 0 atom stereocenters. The molecule has 0 saturated carbocycles. The second kappa shape index (κ2) is 19.5. The van der Waals surface area contributed by atoms with E-state index in [0.29, 0.717) is 6.42 Å². The van der Waals surface area contributed by atoms with Crippen LogP contribution in [0.3, 0.4) is 0 Å². The fourth-order valence-corrected chi connectivity index (χ4v) is 4.06. The van der Waals surface area contributed by atoms with Crippen LogP contribution in [0, 0.1) is 0 Å². The van der Waals surface area contributed by atoms with Crippen molar-refractivity contribution >= 4 is 5.97 Å². The molecule has 1 saturated heterocycles. The largest absolute Gasteiger partial charge is 0.430 e. The third-order valence-electron chi connectivity index (χ3n) is 5.99. The molecule has 1 fully saturated rings.